The molecule has 1 aliphatic rings. The maximum atomic E-state index is 13.5. The van der Waals surface area contributed by atoms with Gasteiger partial charge >= 0.3 is 12.1 Å². The van der Waals surface area contributed by atoms with Gasteiger partial charge in [0.2, 0.25) is 0 Å². The summed E-state index contributed by atoms with van der Waals surface area (Å²) in [4.78, 5) is 41.7. The molecule has 0 bridgehead atoms. The number of anilines is 2. The Labute approximate surface area is 218 Å². The van der Waals surface area contributed by atoms with E-state index in [1.807, 2.05) is 51.1 Å². The molecular formula is C27H37N5O5. The van der Waals surface area contributed by atoms with Crippen molar-refractivity contribution in [3.63, 3.8) is 0 Å². The first-order chi connectivity index (χ1) is 17.6. The molecule has 0 aromatic heterocycles. The summed E-state index contributed by atoms with van der Waals surface area (Å²) in [5.41, 5.74) is 1.40. The van der Waals surface area contributed by atoms with Crippen LogP contribution in [0.25, 0.3) is 0 Å². The number of likely N-dealkylation sites (N-methyl/N-ethyl adjacent to an activating group) is 1. The van der Waals surface area contributed by atoms with Crippen LogP contribution in [0.1, 0.15) is 38.1 Å². The number of nitrogens with one attached hydrogen (secondary N) is 3. The van der Waals surface area contributed by atoms with Crippen LogP contribution in [-0.2, 0) is 0 Å². The molecule has 0 fully saturated rings. The van der Waals surface area contributed by atoms with Crippen LogP contribution in [0.3, 0.4) is 0 Å². The van der Waals surface area contributed by atoms with Crippen molar-refractivity contribution >= 4 is 29.3 Å². The van der Waals surface area contributed by atoms with Gasteiger partial charge in [-0.05, 0) is 51.1 Å². The van der Waals surface area contributed by atoms with E-state index >= 15 is 0 Å². The summed E-state index contributed by atoms with van der Waals surface area (Å²) in [5.74, 6) is -0.0963. The van der Waals surface area contributed by atoms with E-state index in [0.29, 0.717) is 23.7 Å². The Balaban J connectivity index is 1.86. The average molecular weight is 512 g/mol. The molecule has 0 saturated heterocycles. The molecule has 3 atom stereocenters. The molecular weight excluding hydrogens is 474 g/mol. The molecule has 0 radical (unpaired) electrons. The second kappa shape index (κ2) is 12.4. The van der Waals surface area contributed by atoms with Crippen molar-refractivity contribution in [1.82, 2.24) is 15.1 Å². The number of ether oxygens (including phenoxy) is 1. The number of carbonyl (C=O) groups is 3. The number of rotatable bonds is 7. The zero-order chi connectivity index (χ0) is 27.1. The van der Waals surface area contributed by atoms with Crippen LogP contribution in [-0.4, -0.2) is 77.8 Å². The number of carbonyl (C=O) groups excluding carboxylic acids is 3. The first-order valence-electron chi connectivity index (χ1n) is 12.5. The molecule has 0 aliphatic carbocycles. The lowest BCUT2D eigenvalue weighted by atomic mass is 9.99. The number of benzene rings is 2. The molecule has 3 rings (SSSR count). The third kappa shape index (κ3) is 7.36. The largest absolute Gasteiger partial charge is 0.487 e. The second-order valence-electron chi connectivity index (χ2n) is 9.76. The van der Waals surface area contributed by atoms with Crippen molar-refractivity contribution in [2.24, 2.45) is 5.92 Å². The van der Waals surface area contributed by atoms with E-state index < -0.39 is 12.1 Å². The Kier molecular flexibility index (Phi) is 9.35. The highest BCUT2D eigenvalue weighted by atomic mass is 16.5. The maximum Gasteiger partial charge on any atom is 0.321 e. The minimum Gasteiger partial charge on any atom is -0.487 e. The lowest BCUT2D eigenvalue weighted by Crippen LogP contribution is -2.50. The summed E-state index contributed by atoms with van der Waals surface area (Å²) in [6, 6.07) is 12.9. The summed E-state index contributed by atoms with van der Waals surface area (Å²) in [7, 11) is 1.69. The van der Waals surface area contributed by atoms with Crippen LogP contribution in [0, 0.1) is 5.92 Å². The molecule has 0 unspecified atom stereocenters. The highest BCUT2D eigenvalue weighted by molar-refractivity contribution is 5.99. The zero-order valence-corrected chi connectivity index (χ0v) is 22.0. The lowest BCUT2D eigenvalue weighted by molar-refractivity contribution is 0.0371. The molecule has 10 heteroatoms. The van der Waals surface area contributed by atoms with Crippen molar-refractivity contribution in [2.45, 2.75) is 45.9 Å². The monoisotopic (exact) mass is 511 g/mol. The molecule has 4 N–H and O–H groups in total. The Bertz CT molecular complexity index is 1090. The Morgan fingerprint density at radius 3 is 2.46 bits per heavy atom. The Hall–Kier alpha value is -3.79. The topological polar surface area (TPSA) is 123 Å². The number of aliphatic hydroxyl groups excluding tert-OH is 1. The van der Waals surface area contributed by atoms with E-state index in [-0.39, 0.29) is 48.6 Å². The summed E-state index contributed by atoms with van der Waals surface area (Å²) >= 11 is 0. The quantitative estimate of drug-likeness (QED) is 0.452. The number of nitrogens with zero attached hydrogens (tertiary/aromatic N) is 2. The van der Waals surface area contributed by atoms with Gasteiger partial charge in [0.1, 0.15) is 11.9 Å². The average Bonchev–Trinajstić information content (AvgIpc) is 2.86. The van der Waals surface area contributed by atoms with Crippen LogP contribution >= 0.6 is 0 Å². The molecule has 2 aromatic rings. The summed E-state index contributed by atoms with van der Waals surface area (Å²) < 4.78 is 6.32. The molecule has 1 heterocycles. The van der Waals surface area contributed by atoms with Gasteiger partial charge < -0.3 is 35.6 Å². The maximum absolute atomic E-state index is 13.5. The van der Waals surface area contributed by atoms with Crippen molar-refractivity contribution < 1.29 is 24.2 Å². The highest BCUT2D eigenvalue weighted by Gasteiger charge is 2.34. The van der Waals surface area contributed by atoms with Gasteiger partial charge in [0.25, 0.3) is 5.91 Å². The van der Waals surface area contributed by atoms with Gasteiger partial charge in [0.05, 0.1) is 24.8 Å². The fraction of sp³-hybridized carbons (Fsp3) is 0.444. The van der Waals surface area contributed by atoms with Crippen molar-refractivity contribution in [3.05, 3.63) is 54.1 Å². The molecule has 0 spiro atoms. The van der Waals surface area contributed by atoms with Crippen molar-refractivity contribution in [2.75, 3.05) is 37.4 Å². The Morgan fingerprint density at radius 1 is 1.11 bits per heavy atom. The minimum absolute atomic E-state index is 0.0477. The summed E-state index contributed by atoms with van der Waals surface area (Å²) in [6.45, 7) is 7.83. The van der Waals surface area contributed by atoms with E-state index in [2.05, 4.69) is 16.0 Å². The van der Waals surface area contributed by atoms with Gasteiger partial charge in [-0.3, -0.25) is 4.79 Å². The molecule has 5 amide bonds. The van der Waals surface area contributed by atoms with Gasteiger partial charge in [-0.15, -0.1) is 0 Å². The molecule has 0 saturated carbocycles. The van der Waals surface area contributed by atoms with Crippen LogP contribution in [0.5, 0.6) is 5.75 Å². The van der Waals surface area contributed by atoms with E-state index in [4.69, 9.17) is 4.74 Å². The predicted octanol–water partition coefficient (Wildman–Crippen LogP) is 3.60. The molecule has 1 aliphatic heterocycles. The first-order valence-corrected chi connectivity index (χ1v) is 12.5. The highest BCUT2D eigenvalue weighted by Crippen LogP contribution is 2.30. The number of amides is 5. The number of para-hydroxylation sites is 1. The van der Waals surface area contributed by atoms with E-state index in [9.17, 15) is 19.5 Å². The van der Waals surface area contributed by atoms with Crippen molar-refractivity contribution in [1.29, 1.82) is 0 Å². The Morgan fingerprint density at radius 2 is 1.81 bits per heavy atom. The van der Waals surface area contributed by atoms with E-state index in [1.54, 1.807) is 42.0 Å². The van der Waals surface area contributed by atoms with Crippen molar-refractivity contribution in [3.8, 4) is 5.75 Å². The molecule has 10 nitrogen and oxygen atoms in total. The molecule has 2 aromatic carbocycles. The van der Waals surface area contributed by atoms with Crippen LogP contribution < -0.4 is 20.7 Å². The number of fused-ring (bicyclic) bond motifs is 1. The minimum atomic E-state index is -0.435. The number of urea groups is 2. The molecule has 200 valence electrons. The fourth-order valence-corrected chi connectivity index (χ4v) is 4.04. The molecule has 37 heavy (non-hydrogen) atoms. The van der Waals surface area contributed by atoms with Gasteiger partial charge in [-0.25, -0.2) is 9.59 Å². The van der Waals surface area contributed by atoms with Gasteiger partial charge in [0.15, 0.2) is 0 Å². The zero-order valence-electron chi connectivity index (χ0n) is 22.0. The summed E-state index contributed by atoms with van der Waals surface area (Å²) in [5, 5.41) is 18.2. The standard InChI is InChI=1S/C27H37N5O5/c1-17(2)28-26(35)29-21-11-12-23-22(13-21)25(34)32(19(4)16-33)14-18(3)24(37-23)15-31(5)27(36)30-20-9-7-6-8-10-20/h6-13,17-19,24,33H,14-16H2,1-5H3,(H,30,36)(H2,28,29,35)/t18-,19-,24-/m0/s1. The van der Waals surface area contributed by atoms with Crippen LogP contribution in [0.15, 0.2) is 48.5 Å². The fourth-order valence-electron chi connectivity index (χ4n) is 4.04. The van der Waals surface area contributed by atoms with Gasteiger partial charge in [-0.1, -0.05) is 25.1 Å². The van der Waals surface area contributed by atoms with E-state index in [0.717, 1.165) is 0 Å². The van der Waals surface area contributed by atoms with Gasteiger partial charge in [-0.2, -0.15) is 0 Å². The number of hydrogen-bond donors (Lipinski definition) is 4. The number of aliphatic hydroxyl groups is 1. The van der Waals surface area contributed by atoms with Gasteiger partial charge in [0, 0.05) is 36.9 Å². The van der Waals surface area contributed by atoms with Crippen LogP contribution in [0.4, 0.5) is 21.0 Å². The third-order valence-corrected chi connectivity index (χ3v) is 6.17. The second-order valence-corrected chi connectivity index (χ2v) is 9.76. The number of hydrogen-bond acceptors (Lipinski definition) is 5. The smallest absolute Gasteiger partial charge is 0.321 e. The summed E-state index contributed by atoms with van der Waals surface area (Å²) in [6.07, 6.45) is -0.435. The SMILES string of the molecule is CC(C)NC(=O)Nc1ccc2c(c1)C(=O)N([C@@H](C)CO)C[C@H](C)[C@H](CN(C)C(=O)Nc1ccccc1)O2. The lowest BCUT2D eigenvalue weighted by Gasteiger charge is -2.38. The predicted molar refractivity (Wildman–Crippen MR) is 143 cm³/mol. The van der Waals surface area contributed by atoms with Crippen LogP contribution in [0.2, 0.25) is 0 Å². The third-order valence-electron chi connectivity index (χ3n) is 6.17. The first kappa shape index (κ1) is 27.8. The van der Waals surface area contributed by atoms with E-state index in [1.165, 1.54) is 0 Å². The normalized spacial score (nSPS) is 18.1.